The van der Waals surface area contributed by atoms with Gasteiger partial charge < -0.3 is 18.3 Å². The van der Waals surface area contributed by atoms with Crippen LogP contribution in [-0.2, 0) is 18.3 Å². The molecule has 4 unspecified atom stereocenters. The molecule has 4 atom stereocenters. The Balaban J connectivity index is 2.41. The number of hydrogen-bond donors (Lipinski definition) is 0. The van der Waals surface area contributed by atoms with Crippen LogP contribution in [0.4, 0.5) is 87.8 Å². The molecule has 300 valence electrons. The van der Waals surface area contributed by atoms with Crippen molar-refractivity contribution in [2.75, 3.05) is 0 Å². The van der Waals surface area contributed by atoms with Crippen LogP contribution >= 0.6 is 0 Å². The Kier molecular flexibility index (Phi) is 12.9. The van der Waals surface area contributed by atoms with E-state index >= 15 is 17.6 Å². The molecule has 0 bridgehead atoms. The van der Waals surface area contributed by atoms with E-state index in [9.17, 15) is 79.8 Å². The van der Waals surface area contributed by atoms with Gasteiger partial charge in [0.15, 0.2) is 46.5 Å². The van der Waals surface area contributed by atoms with Crippen LogP contribution in [0.5, 0.6) is 0 Å². The zero-order chi connectivity index (χ0) is 41.7. The lowest BCUT2D eigenvalue weighted by atomic mass is 10.1. The van der Waals surface area contributed by atoms with Gasteiger partial charge >= 0.3 is 44.7 Å². The maximum absolute atomic E-state index is 15.1. The molecular formula is C26H16F20O6Si. The van der Waals surface area contributed by atoms with Gasteiger partial charge in [0.2, 0.25) is 11.6 Å². The molecule has 2 aromatic rings. The lowest BCUT2D eigenvalue weighted by Crippen LogP contribution is -2.59. The topological polar surface area (TPSA) is 71.1 Å². The highest BCUT2D eigenvalue weighted by atomic mass is 28.4. The molecule has 0 saturated carbocycles. The van der Waals surface area contributed by atoms with E-state index in [1.165, 1.54) is 0 Å². The predicted octanol–water partition coefficient (Wildman–Crippen LogP) is 8.74. The monoisotopic (exact) mass is 832 g/mol. The second-order valence-corrected chi connectivity index (χ2v) is 14.1. The fraction of sp³-hybridized carbons (Fsp3) is 0.462. The second kappa shape index (κ2) is 15.1. The number of carbonyl (C=O) groups excluding carboxylic acids is 2. The summed E-state index contributed by atoms with van der Waals surface area (Å²) in [5.74, 6) is -47.9. The van der Waals surface area contributed by atoms with E-state index in [2.05, 4.69) is 18.3 Å². The number of carbonyl (C=O) groups is 2. The molecule has 0 radical (unpaired) electrons. The van der Waals surface area contributed by atoms with Gasteiger partial charge in [0, 0.05) is 0 Å². The third-order valence-electron chi connectivity index (χ3n) is 6.58. The highest BCUT2D eigenvalue weighted by Crippen LogP contribution is 2.42. The number of benzene rings is 2. The molecule has 53 heavy (non-hydrogen) atoms. The first-order valence-corrected chi connectivity index (χ1v) is 16.2. The van der Waals surface area contributed by atoms with Gasteiger partial charge in [0.05, 0.1) is 0 Å². The molecule has 0 amide bonds. The van der Waals surface area contributed by atoms with E-state index in [-0.39, 0.29) is 13.8 Å². The van der Waals surface area contributed by atoms with Crippen molar-refractivity contribution in [2.24, 2.45) is 0 Å². The molecule has 0 aliphatic heterocycles. The fourth-order valence-electron chi connectivity index (χ4n) is 4.09. The Bertz CT molecular complexity index is 1560. The van der Waals surface area contributed by atoms with Crippen LogP contribution in [0, 0.1) is 58.2 Å². The van der Waals surface area contributed by atoms with Crippen molar-refractivity contribution in [1.82, 2.24) is 0 Å². The molecule has 2 aromatic carbocycles. The zero-order valence-electron chi connectivity index (χ0n) is 25.8. The van der Waals surface area contributed by atoms with Crippen LogP contribution in [-0.4, -0.2) is 69.1 Å². The average molecular weight is 832 g/mol. The van der Waals surface area contributed by atoms with Crippen LogP contribution in [0.2, 0.25) is 13.1 Å². The third kappa shape index (κ3) is 9.09. The van der Waals surface area contributed by atoms with Crippen LogP contribution in [0.15, 0.2) is 0 Å². The number of alkyl halides is 10. The van der Waals surface area contributed by atoms with Crippen molar-refractivity contribution < 1.29 is 116 Å². The molecule has 0 spiro atoms. The second-order valence-electron chi connectivity index (χ2n) is 10.8. The Morgan fingerprint density at radius 3 is 0.868 bits per heavy atom. The number of rotatable bonds is 12. The van der Waals surface area contributed by atoms with E-state index in [1.54, 1.807) is 0 Å². The first kappa shape index (κ1) is 45.3. The van der Waals surface area contributed by atoms with E-state index in [1.807, 2.05) is 0 Å². The van der Waals surface area contributed by atoms with Gasteiger partial charge in [-0.25, -0.2) is 53.5 Å². The Morgan fingerprint density at radius 2 is 0.660 bits per heavy atom. The van der Waals surface area contributed by atoms with Gasteiger partial charge in [-0.3, -0.25) is 0 Å². The summed E-state index contributed by atoms with van der Waals surface area (Å²) in [6.07, 6.45) is -29.6. The Morgan fingerprint density at radius 1 is 0.453 bits per heavy atom. The van der Waals surface area contributed by atoms with Gasteiger partial charge in [0.25, 0.3) is 12.2 Å². The van der Waals surface area contributed by atoms with Crippen molar-refractivity contribution in [3.8, 4) is 0 Å². The third-order valence-corrected chi connectivity index (χ3v) is 8.42. The SMILES string of the molecule is CC(O[Si](C)(C)OC(C)C(F)(F)C(OC(=O)c1c(F)c(F)c(F)c(F)c1F)C(F)(F)F)C(F)(F)C(OC(=O)c1c(F)c(F)c(F)c(F)c1F)C(F)(F)F. The van der Waals surface area contributed by atoms with E-state index in [4.69, 9.17) is 0 Å². The van der Waals surface area contributed by atoms with Gasteiger partial charge in [-0.1, -0.05) is 0 Å². The average Bonchev–Trinajstić information content (AvgIpc) is 3.00. The summed E-state index contributed by atoms with van der Waals surface area (Å²) in [6, 6.07) is 0. The standard InChI is InChI=1S/C26H16F20O6Si/c1-5(23(37,38)21(25(41,42)43)49-19(47)7-9(27)13(31)17(35)14(32)10(7)28)51-53(3,4)52-6(2)24(39,40)22(26(44,45)46)50-20(48)8-11(29)15(33)18(36)16(34)12(8)30/h5-6,21-22H,1-4H3. The largest absolute Gasteiger partial charge is 0.442 e. The van der Waals surface area contributed by atoms with Gasteiger partial charge in [-0.05, 0) is 26.9 Å². The van der Waals surface area contributed by atoms with Gasteiger partial charge in [-0.15, -0.1) is 0 Å². The molecule has 0 saturated heterocycles. The minimum absolute atomic E-state index is 0.0315. The summed E-state index contributed by atoms with van der Waals surface area (Å²) in [6.45, 7) is 0.741. The number of halogens is 20. The maximum Gasteiger partial charge on any atom is 0.431 e. The lowest BCUT2D eigenvalue weighted by Gasteiger charge is -2.39. The molecule has 6 nitrogen and oxygen atoms in total. The Hall–Kier alpha value is -3.88. The van der Waals surface area contributed by atoms with Crippen LogP contribution < -0.4 is 0 Å². The number of esters is 2. The van der Waals surface area contributed by atoms with Crippen LogP contribution in [0.25, 0.3) is 0 Å². The minimum atomic E-state index is -6.49. The molecule has 0 fully saturated rings. The molecule has 0 N–H and O–H groups in total. The van der Waals surface area contributed by atoms with Crippen molar-refractivity contribution in [3.63, 3.8) is 0 Å². The molecule has 27 heteroatoms. The van der Waals surface area contributed by atoms with Crippen molar-refractivity contribution in [1.29, 1.82) is 0 Å². The minimum Gasteiger partial charge on any atom is -0.442 e. The number of hydrogen-bond acceptors (Lipinski definition) is 6. The molecule has 2 rings (SSSR count). The highest BCUT2D eigenvalue weighted by molar-refractivity contribution is 6.64. The van der Waals surface area contributed by atoms with Crippen LogP contribution in [0.1, 0.15) is 34.6 Å². The number of ether oxygens (including phenoxy) is 2. The van der Waals surface area contributed by atoms with Crippen molar-refractivity contribution in [2.45, 2.75) is 75.6 Å². The molecule has 0 aliphatic carbocycles. The van der Waals surface area contributed by atoms with E-state index in [0.29, 0.717) is 13.1 Å². The summed E-state index contributed by atoms with van der Waals surface area (Å²) in [5.41, 5.74) is -5.54. The predicted molar refractivity (Wildman–Crippen MR) is 131 cm³/mol. The molecule has 0 aliphatic rings. The first-order chi connectivity index (χ1) is 23.6. The van der Waals surface area contributed by atoms with Gasteiger partial charge in [0.1, 0.15) is 23.3 Å². The fourth-order valence-corrected chi connectivity index (χ4v) is 6.16. The summed E-state index contributed by atoms with van der Waals surface area (Å²) in [4.78, 5) is 24.0. The quantitative estimate of drug-likeness (QED) is 0.0701. The highest BCUT2D eigenvalue weighted by Gasteiger charge is 2.65. The summed E-state index contributed by atoms with van der Waals surface area (Å²) in [5, 5.41) is 0. The molecular weight excluding hydrogens is 816 g/mol. The van der Waals surface area contributed by atoms with E-state index < -0.39 is 138 Å². The first-order valence-electron chi connectivity index (χ1n) is 13.3. The smallest absolute Gasteiger partial charge is 0.431 e. The normalized spacial score (nSPS) is 15.5. The molecule has 0 heterocycles. The van der Waals surface area contributed by atoms with E-state index in [0.717, 1.165) is 0 Å². The summed E-state index contributed by atoms with van der Waals surface area (Å²) < 4.78 is 294. The summed E-state index contributed by atoms with van der Waals surface area (Å²) >= 11 is 0. The van der Waals surface area contributed by atoms with Crippen LogP contribution in [0.3, 0.4) is 0 Å². The maximum atomic E-state index is 15.1. The Labute approximate surface area is 281 Å². The van der Waals surface area contributed by atoms with Crippen molar-refractivity contribution >= 4 is 20.5 Å². The summed E-state index contributed by atoms with van der Waals surface area (Å²) in [7, 11) is -5.04. The molecule has 0 aromatic heterocycles. The lowest BCUT2D eigenvalue weighted by molar-refractivity contribution is -0.291. The van der Waals surface area contributed by atoms with Crippen molar-refractivity contribution in [3.05, 3.63) is 69.3 Å². The zero-order valence-corrected chi connectivity index (χ0v) is 26.8. The van der Waals surface area contributed by atoms with Gasteiger partial charge in [-0.2, -0.15) is 43.9 Å².